The number of unbranched alkanes of at least 4 members (excludes halogenated alkanes) is 5. The van der Waals surface area contributed by atoms with E-state index >= 15 is 0 Å². The lowest BCUT2D eigenvalue weighted by molar-refractivity contribution is -0.0664. The van der Waals surface area contributed by atoms with Crippen LogP contribution in [0.25, 0.3) is 0 Å². The Morgan fingerprint density at radius 3 is 2.00 bits per heavy atom. The molecule has 0 heterocycles. The molecule has 0 saturated heterocycles. The highest BCUT2D eigenvalue weighted by Crippen LogP contribution is 2.11. The quantitative estimate of drug-likeness (QED) is 0.287. The van der Waals surface area contributed by atoms with Crippen LogP contribution in [0.1, 0.15) is 51.9 Å². The third-order valence-corrected chi connectivity index (χ3v) is 2.29. The number of ether oxygens (including phenoxy) is 2. The average Bonchev–Trinajstić information content (AvgIpc) is 2.24. The van der Waals surface area contributed by atoms with Crippen LogP contribution >= 0.6 is 0 Å². The molecule has 0 unspecified atom stereocenters. The van der Waals surface area contributed by atoms with Gasteiger partial charge in [-0.3, -0.25) is 0 Å². The fourth-order valence-electron chi connectivity index (χ4n) is 1.47. The topological polar surface area (TPSA) is 18.5 Å². The first-order chi connectivity index (χ1) is 7.35. The summed E-state index contributed by atoms with van der Waals surface area (Å²) in [5, 5.41) is 0. The van der Waals surface area contributed by atoms with Crippen molar-refractivity contribution in [1.82, 2.24) is 0 Å². The van der Waals surface area contributed by atoms with Crippen molar-refractivity contribution in [1.29, 1.82) is 0 Å². The van der Waals surface area contributed by atoms with Crippen molar-refractivity contribution in [3.05, 3.63) is 25.7 Å². The Morgan fingerprint density at radius 2 is 1.47 bits per heavy atom. The third kappa shape index (κ3) is 9.39. The minimum atomic E-state index is -0.203. The molecule has 0 aromatic carbocycles. The maximum Gasteiger partial charge on any atom is 0.239 e. The van der Waals surface area contributed by atoms with Gasteiger partial charge in [-0.15, -0.1) is 0 Å². The lowest BCUT2D eigenvalue weighted by atomic mass is 10.1. The molecular weight excluding hydrogens is 188 g/mol. The molecule has 0 aromatic rings. The highest BCUT2D eigenvalue weighted by atomic mass is 16.7. The molecule has 2 heteroatoms. The molecule has 0 spiro atoms. The van der Waals surface area contributed by atoms with Gasteiger partial charge in [0.15, 0.2) is 0 Å². The summed E-state index contributed by atoms with van der Waals surface area (Å²) in [7, 11) is 0. The van der Waals surface area contributed by atoms with E-state index in [9.17, 15) is 0 Å². The van der Waals surface area contributed by atoms with E-state index in [4.69, 9.17) is 9.47 Å². The van der Waals surface area contributed by atoms with Gasteiger partial charge in [0.2, 0.25) is 6.29 Å². The van der Waals surface area contributed by atoms with Crippen LogP contribution in [0.3, 0.4) is 0 Å². The predicted octanol–water partition coefficient (Wildman–Crippen LogP) is 4.38. The Hall–Kier alpha value is -0.920. The van der Waals surface area contributed by atoms with E-state index in [2.05, 4.69) is 20.1 Å². The van der Waals surface area contributed by atoms with Gasteiger partial charge in [0.25, 0.3) is 0 Å². The molecule has 2 nitrogen and oxygen atoms in total. The van der Waals surface area contributed by atoms with Crippen LogP contribution in [0.4, 0.5) is 0 Å². The van der Waals surface area contributed by atoms with Crippen molar-refractivity contribution in [3.8, 4) is 0 Å². The molecule has 0 aliphatic heterocycles. The maximum atomic E-state index is 5.18. The Kier molecular flexibility index (Phi) is 10.5. The monoisotopic (exact) mass is 212 g/mol. The summed E-state index contributed by atoms with van der Waals surface area (Å²) in [6.07, 6.45) is 11.2. The summed E-state index contributed by atoms with van der Waals surface area (Å²) in [6, 6.07) is 0. The summed E-state index contributed by atoms with van der Waals surface area (Å²) < 4.78 is 10.4. The molecule has 15 heavy (non-hydrogen) atoms. The van der Waals surface area contributed by atoms with Crippen molar-refractivity contribution in [2.45, 2.75) is 58.2 Å². The van der Waals surface area contributed by atoms with Crippen molar-refractivity contribution in [2.75, 3.05) is 0 Å². The van der Waals surface area contributed by atoms with Gasteiger partial charge in [0.05, 0.1) is 12.5 Å². The Morgan fingerprint density at radius 1 is 0.933 bits per heavy atom. The first-order valence-corrected chi connectivity index (χ1v) is 5.87. The zero-order valence-electron chi connectivity index (χ0n) is 9.91. The van der Waals surface area contributed by atoms with Crippen LogP contribution in [-0.4, -0.2) is 6.29 Å². The van der Waals surface area contributed by atoms with Crippen LogP contribution < -0.4 is 0 Å². The number of hydrogen-bond donors (Lipinski definition) is 0. The summed E-state index contributed by atoms with van der Waals surface area (Å²) in [5.41, 5.74) is 0. The van der Waals surface area contributed by atoms with E-state index in [1.165, 1.54) is 44.6 Å². The van der Waals surface area contributed by atoms with E-state index in [-0.39, 0.29) is 6.29 Å². The highest BCUT2D eigenvalue weighted by molar-refractivity contribution is 4.59. The molecule has 0 aromatic heterocycles. The SMILES string of the molecule is C=COC(CCCCCCCC)OC=C. The lowest BCUT2D eigenvalue weighted by Crippen LogP contribution is -2.11. The molecule has 0 aliphatic rings. The summed E-state index contributed by atoms with van der Waals surface area (Å²) in [4.78, 5) is 0. The van der Waals surface area contributed by atoms with E-state index in [1.807, 2.05) is 0 Å². The minimum Gasteiger partial charge on any atom is -0.463 e. The fraction of sp³-hybridized carbons (Fsp3) is 0.692. The van der Waals surface area contributed by atoms with E-state index in [0.717, 1.165) is 12.8 Å². The first kappa shape index (κ1) is 14.1. The van der Waals surface area contributed by atoms with Crippen LogP contribution in [0.5, 0.6) is 0 Å². The molecular formula is C13H24O2. The minimum absolute atomic E-state index is 0.203. The zero-order valence-corrected chi connectivity index (χ0v) is 9.91. The smallest absolute Gasteiger partial charge is 0.239 e. The third-order valence-electron chi connectivity index (χ3n) is 2.29. The molecule has 0 atom stereocenters. The summed E-state index contributed by atoms with van der Waals surface area (Å²) in [6.45, 7) is 9.26. The van der Waals surface area contributed by atoms with Gasteiger partial charge in [0.1, 0.15) is 0 Å². The Balaban J connectivity index is 3.35. The van der Waals surface area contributed by atoms with Gasteiger partial charge in [0, 0.05) is 6.42 Å². The normalized spacial score (nSPS) is 10.0. The van der Waals surface area contributed by atoms with Crippen LogP contribution in [-0.2, 0) is 9.47 Å². The van der Waals surface area contributed by atoms with Gasteiger partial charge in [-0.2, -0.15) is 0 Å². The molecule has 0 saturated carbocycles. The standard InChI is InChI=1S/C13H24O2/c1-4-7-8-9-10-11-12-13(14-5-2)15-6-3/h5-6,13H,2-4,7-12H2,1H3. The van der Waals surface area contributed by atoms with E-state index in [1.54, 1.807) is 0 Å². The zero-order chi connectivity index (χ0) is 11.4. The predicted molar refractivity (Wildman–Crippen MR) is 64.3 cm³/mol. The first-order valence-electron chi connectivity index (χ1n) is 5.87. The molecule has 0 rings (SSSR count). The van der Waals surface area contributed by atoms with Gasteiger partial charge in [-0.1, -0.05) is 52.2 Å². The van der Waals surface area contributed by atoms with Crippen molar-refractivity contribution < 1.29 is 9.47 Å². The fourth-order valence-corrected chi connectivity index (χ4v) is 1.47. The van der Waals surface area contributed by atoms with E-state index in [0.29, 0.717) is 0 Å². The van der Waals surface area contributed by atoms with Gasteiger partial charge < -0.3 is 9.47 Å². The molecule has 0 fully saturated rings. The van der Waals surface area contributed by atoms with Gasteiger partial charge in [-0.25, -0.2) is 0 Å². The number of hydrogen-bond acceptors (Lipinski definition) is 2. The Bertz CT molecular complexity index is 145. The van der Waals surface area contributed by atoms with Crippen molar-refractivity contribution >= 4 is 0 Å². The van der Waals surface area contributed by atoms with E-state index < -0.39 is 0 Å². The molecule has 0 N–H and O–H groups in total. The maximum absolute atomic E-state index is 5.18. The van der Waals surface area contributed by atoms with Crippen LogP contribution in [0.15, 0.2) is 25.7 Å². The summed E-state index contributed by atoms with van der Waals surface area (Å²) in [5.74, 6) is 0. The highest BCUT2D eigenvalue weighted by Gasteiger charge is 2.05. The van der Waals surface area contributed by atoms with Crippen molar-refractivity contribution in [2.24, 2.45) is 0 Å². The molecule has 0 radical (unpaired) electrons. The van der Waals surface area contributed by atoms with Crippen molar-refractivity contribution in [3.63, 3.8) is 0 Å². The summed E-state index contributed by atoms with van der Waals surface area (Å²) >= 11 is 0. The molecule has 0 bridgehead atoms. The van der Waals surface area contributed by atoms with Gasteiger partial charge in [-0.05, 0) is 6.42 Å². The van der Waals surface area contributed by atoms with Crippen LogP contribution in [0.2, 0.25) is 0 Å². The van der Waals surface area contributed by atoms with Crippen LogP contribution in [0, 0.1) is 0 Å². The largest absolute Gasteiger partial charge is 0.463 e. The number of rotatable bonds is 11. The second-order valence-electron chi connectivity index (χ2n) is 3.59. The average molecular weight is 212 g/mol. The molecule has 0 amide bonds. The molecule has 0 aliphatic carbocycles. The van der Waals surface area contributed by atoms with Gasteiger partial charge >= 0.3 is 0 Å². The lowest BCUT2D eigenvalue weighted by Gasteiger charge is -2.15. The Labute approximate surface area is 94.0 Å². The second kappa shape index (κ2) is 11.2. The molecule has 88 valence electrons. The second-order valence-corrected chi connectivity index (χ2v) is 3.59.